The average molecular weight is 289 g/mol. The summed E-state index contributed by atoms with van der Waals surface area (Å²) in [4.78, 5) is 0. The second-order valence-corrected chi connectivity index (χ2v) is 6.14. The number of anilines is 1. The molecule has 2 rings (SSSR count). The van der Waals surface area contributed by atoms with Crippen molar-refractivity contribution in [1.82, 2.24) is 10.2 Å². The van der Waals surface area contributed by atoms with E-state index in [4.69, 9.17) is 5.73 Å². The van der Waals surface area contributed by atoms with Crippen LogP contribution in [0, 0.1) is 11.8 Å². The summed E-state index contributed by atoms with van der Waals surface area (Å²) in [5.41, 5.74) is 7.22. The van der Waals surface area contributed by atoms with Crippen molar-refractivity contribution >= 4 is 5.82 Å². The van der Waals surface area contributed by atoms with Gasteiger partial charge in [-0.2, -0.15) is 18.3 Å². The van der Waals surface area contributed by atoms with Gasteiger partial charge in [-0.05, 0) is 25.2 Å². The second-order valence-electron chi connectivity index (χ2n) is 6.14. The molecule has 114 valence electrons. The van der Waals surface area contributed by atoms with Gasteiger partial charge in [0.2, 0.25) is 0 Å². The zero-order valence-electron chi connectivity index (χ0n) is 11.9. The van der Waals surface area contributed by atoms with Crippen LogP contribution in [0.5, 0.6) is 0 Å². The fraction of sp³-hybridized carbons (Fsp3) is 0.786. The number of H-pyrrole nitrogens is 1. The summed E-state index contributed by atoms with van der Waals surface area (Å²) in [6.45, 7) is 4.05. The summed E-state index contributed by atoms with van der Waals surface area (Å²) in [5, 5.41) is 6.72. The Bertz CT molecular complexity index is 451. The van der Waals surface area contributed by atoms with Gasteiger partial charge in [0, 0.05) is 17.2 Å². The summed E-state index contributed by atoms with van der Waals surface area (Å²) in [5.74, 6) is -1.12. The predicted molar refractivity (Wildman–Crippen MR) is 72.3 cm³/mol. The summed E-state index contributed by atoms with van der Waals surface area (Å²) in [6.07, 6.45) is -1.26. The topological polar surface area (TPSA) is 54.7 Å². The Morgan fingerprint density at radius 3 is 2.55 bits per heavy atom. The van der Waals surface area contributed by atoms with E-state index < -0.39 is 18.0 Å². The fourth-order valence-electron chi connectivity index (χ4n) is 3.19. The number of nitrogens with two attached hydrogens (primary N) is 1. The number of aromatic nitrogens is 2. The van der Waals surface area contributed by atoms with E-state index in [1.54, 1.807) is 0 Å². The first-order valence-electron chi connectivity index (χ1n) is 7.20. The van der Waals surface area contributed by atoms with Gasteiger partial charge in [0.25, 0.3) is 0 Å². The molecule has 1 aliphatic rings. The van der Waals surface area contributed by atoms with Crippen molar-refractivity contribution in [2.75, 3.05) is 5.73 Å². The van der Waals surface area contributed by atoms with Crippen molar-refractivity contribution in [2.24, 2.45) is 11.8 Å². The SMILES string of the molecule is CC(C)Cc1c(N)n[nH]c1C1CCCCC1C(F)(F)F. The normalized spacial score (nSPS) is 24.3. The third-order valence-corrected chi connectivity index (χ3v) is 4.10. The molecule has 0 bridgehead atoms. The Hall–Kier alpha value is -1.20. The van der Waals surface area contributed by atoms with Crippen LogP contribution in [0.3, 0.4) is 0 Å². The van der Waals surface area contributed by atoms with Gasteiger partial charge in [-0.1, -0.05) is 26.7 Å². The van der Waals surface area contributed by atoms with E-state index in [0.29, 0.717) is 36.7 Å². The molecular weight excluding hydrogens is 267 g/mol. The second kappa shape index (κ2) is 5.66. The number of hydrogen-bond acceptors (Lipinski definition) is 2. The number of hydrogen-bond donors (Lipinski definition) is 2. The molecule has 2 atom stereocenters. The van der Waals surface area contributed by atoms with Crippen molar-refractivity contribution in [3.8, 4) is 0 Å². The summed E-state index contributed by atoms with van der Waals surface area (Å²) in [7, 11) is 0. The van der Waals surface area contributed by atoms with E-state index in [2.05, 4.69) is 10.2 Å². The van der Waals surface area contributed by atoms with Crippen molar-refractivity contribution in [2.45, 2.75) is 58.0 Å². The molecule has 0 radical (unpaired) electrons. The molecule has 0 aromatic carbocycles. The molecule has 3 N–H and O–H groups in total. The molecule has 0 spiro atoms. The Balaban J connectivity index is 2.33. The van der Waals surface area contributed by atoms with Crippen LogP contribution in [-0.4, -0.2) is 16.4 Å². The Morgan fingerprint density at radius 2 is 1.95 bits per heavy atom. The monoisotopic (exact) mass is 289 g/mol. The average Bonchev–Trinajstić information content (AvgIpc) is 2.69. The molecule has 1 aromatic heterocycles. The lowest BCUT2D eigenvalue weighted by Crippen LogP contribution is -2.32. The lowest BCUT2D eigenvalue weighted by molar-refractivity contribution is -0.187. The third kappa shape index (κ3) is 3.10. The van der Waals surface area contributed by atoms with Gasteiger partial charge in [-0.25, -0.2) is 0 Å². The van der Waals surface area contributed by atoms with Crippen molar-refractivity contribution < 1.29 is 13.2 Å². The van der Waals surface area contributed by atoms with Crippen LogP contribution in [0.2, 0.25) is 0 Å². The molecule has 0 saturated heterocycles. The molecule has 1 aromatic rings. The van der Waals surface area contributed by atoms with Crippen molar-refractivity contribution in [3.63, 3.8) is 0 Å². The standard InChI is InChI=1S/C14H22F3N3/c1-8(2)7-10-12(19-20-13(10)18)9-5-3-4-6-11(9)14(15,16)17/h8-9,11H,3-7H2,1-2H3,(H3,18,19,20). The smallest absolute Gasteiger partial charge is 0.382 e. The van der Waals surface area contributed by atoms with Crippen LogP contribution in [0.1, 0.15) is 56.7 Å². The van der Waals surface area contributed by atoms with Gasteiger partial charge in [-0.15, -0.1) is 0 Å². The summed E-state index contributed by atoms with van der Waals surface area (Å²) in [6, 6.07) is 0. The first kappa shape index (κ1) is 15.2. The Kier molecular flexibility index (Phi) is 4.30. The van der Waals surface area contributed by atoms with Gasteiger partial charge in [0.1, 0.15) is 5.82 Å². The maximum absolute atomic E-state index is 13.2. The van der Waals surface area contributed by atoms with Crippen LogP contribution in [0.25, 0.3) is 0 Å². The highest BCUT2D eigenvalue weighted by molar-refractivity contribution is 5.44. The molecule has 20 heavy (non-hydrogen) atoms. The number of nitrogens with one attached hydrogen (secondary N) is 1. The lowest BCUT2D eigenvalue weighted by Gasteiger charge is -2.33. The van der Waals surface area contributed by atoms with E-state index in [1.807, 2.05) is 13.8 Å². The van der Waals surface area contributed by atoms with E-state index >= 15 is 0 Å². The Morgan fingerprint density at radius 1 is 1.30 bits per heavy atom. The van der Waals surface area contributed by atoms with Gasteiger partial charge in [-0.3, -0.25) is 5.10 Å². The number of nitrogens with zero attached hydrogens (tertiary/aromatic N) is 1. The van der Waals surface area contributed by atoms with Gasteiger partial charge in [0.05, 0.1) is 5.92 Å². The lowest BCUT2D eigenvalue weighted by atomic mass is 9.75. The zero-order chi connectivity index (χ0) is 14.9. The van der Waals surface area contributed by atoms with Crippen LogP contribution in [0.15, 0.2) is 0 Å². The molecule has 1 aliphatic carbocycles. The highest BCUT2D eigenvalue weighted by atomic mass is 19.4. The largest absolute Gasteiger partial charge is 0.392 e. The fourth-order valence-corrected chi connectivity index (χ4v) is 3.19. The predicted octanol–water partition coefficient (Wildman–Crippen LogP) is 4.03. The van der Waals surface area contributed by atoms with Crippen LogP contribution in [-0.2, 0) is 6.42 Å². The molecule has 2 unspecified atom stereocenters. The molecule has 1 heterocycles. The van der Waals surface area contributed by atoms with Crippen LogP contribution in [0.4, 0.5) is 19.0 Å². The van der Waals surface area contributed by atoms with E-state index in [0.717, 1.165) is 12.0 Å². The number of halogens is 3. The molecule has 1 fully saturated rings. The molecule has 6 heteroatoms. The molecule has 0 aliphatic heterocycles. The maximum Gasteiger partial charge on any atom is 0.392 e. The minimum Gasteiger partial charge on any atom is -0.382 e. The Labute approximate surface area is 117 Å². The highest BCUT2D eigenvalue weighted by Crippen LogP contribution is 2.47. The molecule has 0 amide bonds. The molecule has 3 nitrogen and oxygen atoms in total. The first-order chi connectivity index (χ1) is 9.30. The first-order valence-corrected chi connectivity index (χ1v) is 7.20. The number of rotatable bonds is 3. The number of nitrogen functional groups attached to an aromatic ring is 1. The number of alkyl halides is 3. The van der Waals surface area contributed by atoms with E-state index in [9.17, 15) is 13.2 Å². The zero-order valence-corrected chi connectivity index (χ0v) is 11.9. The minimum atomic E-state index is -4.15. The van der Waals surface area contributed by atoms with Crippen molar-refractivity contribution in [1.29, 1.82) is 0 Å². The maximum atomic E-state index is 13.2. The quantitative estimate of drug-likeness (QED) is 0.882. The highest BCUT2D eigenvalue weighted by Gasteiger charge is 2.47. The molecular formula is C14H22F3N3. The van der Waals surface area contributed by atoms with E-state index in [-0.39, 0.29) is 6.42 Å². The van der Waals surface area contributed by atoms with Crippen LogP contribution < -0.4 is 5.73 Å². The van der Waals surface area contributed by atoms with Gasteiger partial charge in [0.15, 0.2) is 0 Å². The van der Waals surface area contributed by atoms with Crippen LogP contribution >= 0.6 is 0 Å². The van der Waals surface area contributed by atoms with Gasteiger partial charge >= 0.3 is 6.18 Å². The minimum absolute atomic E-state index is 0.203. The van der Waals surface area contributed by atoms with Gasteiger partial charge < -0.3 is 5.73 Å². The number of aromatic amines is 1. The third-order valence-electron chi connectivity index (χ3n) is 4.10. The summed E-state index contributed by atoms with van der Waals surface area (Å²) < 4.78 is 39.6. The van der Waals surface area contributed by atoms with E-state index in [1.165, 1.54) is 0 Å². The summed E-state index contributed by atoms with van der Waals surface area (Å²) >= 11 is 0. The molecule has 1 saturated carbocycles. The van der Waals surface area contributed by atoms with Crippen molar-refractivity contribution in [3.05, 3.63) is 11.3 Å².